The summed E-state index contributed by atoms with van der Waals surface area (Å²) in [6, 6.07) is 11.0. The maximum atomic E-state index is 9.50. The summed E-state index contributed by atoms with van der Waals surface area (Å²) in [5.74, 6) is 0.592. The van der Waals surface area contributed by atoms with Gasteiger partial charge in [-0.25, -0.2) is 0 Å². The Morgan fingerprint density at radius 2 is 2.00 bits per heavy atom. The number of nitriles is 1. The molecule has 0 atom stereocenters. The Bertz CT molecular complexity index is 650. The molecular weight excluding hydrogens is 266 g/mol. The number of aliphatic hydroxyl groups excluding tert-OH is 1. The van der Waals surface area contributed by atoms with Crippen molar-refractivity contribution >= 4 is 11.6 Å². The number of aromatic hydroxyl groups is 1. The van der Waals surface area contributed by atoms with E-state index in [1.807, 2.05) is 6.07 Å². The van der Waals surface area contributed by atoms with E-state index in [0.717, 1.165) is 0 Å². The van der Waals surface area contributed by atoms with Gasteiger partial charge in [0.05, 0.1) is 12.2 Å². The van der Waals surface area contributed by atoms with Crippen LogP contribution >= 0.6 is 11.6 Å². The van der Waals surface area contributed by atoms with Crippen LogP contribution in [0.4, 0.5) is 0 Å². The monoisotopic (exact) mass is 275 g/mol. The molecule has 96 valence electrons. The van der Waals surface area contributed by atoms with Gasteiger partial charge < -0.3 is 14.9 Å². The van der Waals surface area contributed by atoms with Gasteiger partial charge in [0.1, 0.15) is 23.3 Å². The zero-order valence-electron chi connectivity index (χ0n) is 9.80. The maximum Gasteiger partial charge on any atom is 0.146 e. The summed E-state index contributed by atoms with van der Waals surface area (Å²) in [5.41, 5.74) is 0.842. The quantitative estimate of drug-likeness (QED) is 0.902. The third-order valence-electron chi connectivity index (χ3n) is 2.43. The second-order valence-corrected chi connectivity index (χ2v) is 4.28. The van der Waals surface area contributed by atoms with Gasteiger partial charge in [-0.3, -0.25) is 0 Å². The van der Waals surface area contributed by atoms with Crippen LogP contribution in [0.3, 0.4) is 0 Å². The summed E-state index contributed by atoms with van der Waals surface area (Å²) in [4.78, 5) is 0. The maximum absolute atomic E-state index is 9.50. The highest BCUT2D eigenvalue weighted by molar-refractivity contribution is 6.30. The van der Waals surface area contributed by atoms with Crippen LogP contribution in [0.25, 0.3) is 0 Å². The Labute approximate surface area is 115 Å². The average molecular weight is 276 g/mol. The zero-order valence-corrected chi connectivity index (χ0v) is 10.6. The zero-order chi connectivity index (χ0) is 13.8. The summed E-state index contributed by atoms with van der Waals surface area (Å²) in [7, 11) is 0. The first kappa shape index (κ1) is 13.2. The van der Waals surface area contributed by atoms with Crippen molar-refractivity contribution < 1.29 is 14.9 Å². The van der Waals surface area contributed by atoms with Gasteiger partial charge >= 0.3 is 0 Å². The van der Waals surface area contributed by atoms with Gasteiger partial charge in [0.2, 0.25) is 0 Å². The van der Waals surface area contributed by atoms with Gasteiger partial charge in [0, 0.05) is 17.2 Å². The standard InChI is InChI=1S/C14H10ClNO3/c15-11-2-1-10(7-16)14(5-11)19-13-4-9(8-17)3-12(18)6-13/h1-6,17-18H,8H2. The molecule has 0 radical (unpaired) electrons. The summed E-state index contributed by atoms with van der Waals surface area (Å²) < 4.78 is 5.53. The average Bonchev–Trinajstić information content (AvgIpc) is 2.38. The minimum atomic E-state index is -0.217. The number of rotatable bonds is 3. The van der Waals surface area contributed by atoms with Gasteiger partial charge in [-0.2, -0.15) is 5.26 Å². The predicted molar refractivity (Wildman–Crippen MR) is 70.3 cm³/mol. The van der Waals surface area contributed by atoms with Crippen molar-refractivity contribution in [3.05, 3.63) is 52.5 Å². The first-order valence-electron chi connectivity index (χ1n) is 5.43. The number of benzene rings is 2. The Morgan fingerprint density at radius 1 is 1.21 bits per heavy atom. The number of phenols is 1. The number of ether oxygens (including phenoxy) is 1. The highest BCUT2D eigenvalue weighted by Gasteiger charge is 2.07. The van der Waals surface area contributed by atoms with Crippen molar-refractivity contribution in [2.45, 2.75) is 6.61 Å². The van der Waals surface area contributed by atoms with E-state index in [-0.39, 0.29) is 12.4 Å². The first-order chi connectivity index (χ1) is 9.12. The molecule has 0 aliphatic heterocycles. The minimum absolute atomic E-state index is 0.0258. The van der Waals surface area contributed by atoms with Crippen LogP contribution in [-0.4, -0.2) is 10.2 Å². The molecule has 0 aliphatic carbocycles. The summed E-state index contributed by atoms with van der Waals surface area (Å²) in [5, 5.41) is 28.0. The van der Waals surface area contributed by atoms with E-state index in [0.29, 0.717) is 27.6 Å². The molecule has 0 amide bonds. The van der Waals surface area contributed by atoms with E-state index in [4.69, 9.17) is 26.7 Å². The molecule has 0 fully saturated rings. The van der Waals surface area contributed by atoms with Gasteiger partial charge in [0.15, 0.2) is 0 Å². The molecule has 0 unspecified atom stereocenters. The van der Waals surface area contributed by atoms with Crippen LogP contribution < -0.4 is 4.74 Å². The normalized spacial score (nSPS) is 9.95. The van der Waals surface area contributed by atoms with E-state index < -0.39 is 0 Å². The molecule has 0 bridgehead atoms. The van der Waals surface area contributed by atoms with Crippen molar-refractivity contribution in [1.29, 1.82) is 5.26 Å². The van der Waals surface area contributed by atoms with Crippen molar-refractivity contribution in [2.24, 2.45) is 0 Å². The van der Waals surface area contributed by atoms with Crippen molar-refractivity contribution in [3.63, 3.8) is 0 Å². The fourth-order valence-corrected chi connectivity index (χ4v) is 1.76. The molecule has 2 aromatic carbocycles. The molecule has 4 nitrogen and oxygen atoms in total. The van der Waals surface area contributed by atoms with E-state index in [1.165, 1.54) is 18.2 Å². The summed E-state index contributed by atoms with van der Waals surface area (Å²) >= 11 is 5.85. The fraction of sp³-hybridized carbons (Fsp3) is 0.0714. The van der Waals surface area contributed by atoms with Crippen LogP contribution in [0, 0.1) is 11.3 Å². The topological polar surface area (TPSA) is 73.5 Å². The Kier molecular flexibility index (Phi) is 3.91. The summed E-state index contributed by atoms with van der Waals surface area (Å²) in [6.45, 7) is -0.217. The van der Waals surface area contributed by atoms with Crippen LogP contribution in [-0.2, 0) is 6.61 Å². The Morgan fingerprint density at radius 3 is 2.68 bits per heavy atom. The van der Waals surface area contributed by atoms with E-state index >= 15 is 0 Å². The van der Waals surface area contributed by atoms with Crippen molar-refractivity contribution in [2.75, 3.05) is 0 Å². The molecule has 19 heavy (non-hydrogen) atoms. The highest BCUT2D eigenvalue weighted by atomic mass is 35.5. The third kappa shape index (κ3) is 3.16. The summed E-state index contributed by atoms with van der Waals surface area (Å²) in [6.07, 6.45) is 0. The minimum Gasteiger partial charge on any atom is -0.508 e. The van der Waals surface area contributed by atoms with E-state index in [2.05, 4.69) is 0 Å². The smallest absolute Gasteiger partial charge is 0.146 e. The number of halogens is 1. The second kappa shape index (κ2) is 5.61. The Balaban J connectivity index is 2.38. The van der Waals surface area contributed by atoms with Gasteiger partial charge in [-0.15, -0.1) is 0 Å². The van der Waals surface area contributed by atoms with Crippen LogP contribution in [0.15, 0.2) is 36.4 Å². The molecule has 0 saturated heterocycles. The third-order valence-corrected chi connectivity index (χ3v) is 2.66. The molecule has 0 aliphatic rings. The molecule has 2 N–H and O–H groups in total. The van der Waals surface area contributed by atoms with Crippen molar-refractivity contribution in [1.82, 2.24) is 0 Å². The van der Waals surface area contributed by atoms with Gasteiger partial charge in [-0.05, 0) is 29.8 Å². The molecule has 0 heterocycles. The van der Waals surface area contributed by atoms with Crippen LogP contribution in [0.1, 0.15) is 11.1 Å². The van der Waals surface area contributed by atoms with E-state index in [9.17, 15) is 5.11 Å². The molecule has 0 aromatic heterocycles. The molecular formula is C14H10ClNO3. The lowest BCUT2D eigenvalue weighted by Gasteiger charge is -2.09. The number of phenolic OH excluding ortho intramolecular Hbond substituents is 1. The van der Waals surface area contributed by atoms with Gasteiger partial charge in [0.25, 0.3) is 0 Å². The molecule has 2 rings (SSSR count). The lowest BCUT2D eigenvalue weighted by atomic mass is 10.2. The number of hydrogen-bond acceptors (Lipinski definition) is 4. The first-order valence-corrected chi connectivity index (χ1v) is 5.81. The second-order valence-electron chi connectivity index (χ2n) is 3.85. The van der Waals surface area contributed by atoms with Gasteiger partial charge in [-0.1, -0.05) is 11.6 Å². The number of aliphatic hydroxyl groups is 1. The molecule has 5 heteroatoms. The predicted octanol–water partition coefficient (Wildman–Crippen LogP) is 3.20. The molecule has 2 aromatic rings. The molecule has 0 spiro atoms. The number of nitrogens with zero attached hydrogens (tertiary/aromatic N) is 1. The van der Waals surface area contributed by atoms with Crippen LogP contribution in [0.2, 0.25) is 5.02 Å². The Hall–Kier alpha value is -2.22. The largest absolute Gasteiger partial charge is 0.508 e. The van der Waals surface area contributed by atoms with Crippen molar-refractivity contribution in [3.8, 4) is 23.3 Å². The van der Waals surface area contributed by atoms with E-state index in [1.54, 1.807) is 18.2 Å². The SMILES string of the molecule is N#Cc1ccc(Cl)cc1Oc1cc(O)cc(CO)c1. The molecule has 0 saturated carbocycles. The van der Waals surface area contributed by atoms with Crippen LogP contribution in [0.5, 0.6) is 17.2 Å². The lowest BCUT2D eigenvalue weighted by Crippen LogP contribution is -1.90. The lowest BCUT2D eigenvalue weighted by molar-refractivity contribution is 0.280. The highest BCUT2D eigenvalue weighted by Crippen LogP contribution is 2.30. The number of hydrogen-bond donors (Lipinski definition) is 2. The fourth-order valence-electron chi connectivity index (χ4n) is 1.59.